The number of carbonyl (C=O) groups excluding carboxylic acids is 1. The summed E-state index contributed by atoms with van der Waals surface area (Å²) < 4.78 is 0. The lowest BCUT2D eigenvalue weighted by atomic mass is 10.1. The van der Waals surface area contributed by atoms with Crippen LogP contribution in [0.15, 0.2) is 0 Å². The third-order valence-corrected chi connectivity index (χ3v) is 1.64. The van der Waals surface area contributed by atoms with Crippen molar-refractivity contribution in [3.05, 3.63) is 0 Å². The van der Waals surface area contributed by atoms with Gasteiger partial charge in [0, 0.05) is 13.0 Å². The van der Waals surface area contributed by atoms with E-state index in [2.05, 4.69) is 5.32 Å². The van der Waals surface area contributed by atoms with Crippen LogP contribution >= 0.6 is 0 Å². The fraction of sp³-hybridized carbons (Fsp3) is 0.625. The zero-order valence-electron chi connectivity index (χ0n) is 8.10. The first-order chi connectivity index (χ1) is 6.93. The number of hydrogen-bond acceptors (Lipinski definition) is 4. The molecule has 0 saturated carbocycles. The second-order valence-corrected chi connectivity index (χ2v) is 2.97. The number of aliphatic carboxylic acids is 2. The molecule has 0 aromatic carbocycles. The molecular formula is C8H14N2O5. The van der Waals surface area contributed by atoms with Gasteiger partial charge in [0.05, 0.1) is 12.5 Å². The minimum atomic E-state index is -1.02. The van der Waals surface area contributed by atoms with Gasteiger partial charge in [0.1, 0.15) is 0 Å². The van der Waals surface area contributed by atoms with E-state index >= 15 is 0 Å². The molecule has 7 nitrogen and oxygen atoms in total. The second-order valence-electron chi connectivity index (χ2n) is 2.97. The minimum Gasteiger partial charge on any atom is -0.481 e. The molecule has 0 aliphatic carbocycles. The van der Waals surface area contributed by atoms with Crippen molar-refractivity contribution >= 4 is 17.8 Å². The number of hydrogen-bond donors (Lipinski definition) is 4. The monoisotopic (exact) mass is 218 g/mol. The topological polar surface area (TPSA) is 130 Å². The summed E-state index contributed by atoms with van der Waals surface area (Å²) in [6.45, 7) is -0.00502. The number of nitrogens with two attached hydrogens (primary N) is 1. The van der Waals surface area contributed by atoms with Gasteiger partial charge in [-0.05, 0) is 6.42 Å². The molecule has 0 fully saturated rings. The quantitative estimate of drug-likeness (QED) is 0.423. The summed E-state index contributed by atoms with van der Waals surface area (Å²) in [6.07, 6.45) is -0.334. The first-order valence-electron chi connectivity index (χ1n) is 4.40. The van der Waals surface area contributed by atoms with Crippen molar-refractivity contribution in [2.75, 3.05) is 6.54 Å². The lowest BCUT2D eigenvalue weighted by molar-refractivity contribution is -0.137. The Balaban J connectivity index is 3.69. The van der Waals surface area contributed by atoms with Crippen LogP contribution in [0.5, 0.6) is 0 Å². The van der Waals surface area contributed by atoms with Crippen LogP contribution in [0, 0.1) is 0 Å². The highest BCUT2D eigenvalue weighted by molar-refractivity contribution is 5.82. The third kappa shape index (κ3) is 7.44. The molecule has 0 heterocycles. The summed E-state index contributed by atoms with van der Waals surface area (Å²) in [4.78, 5) is 31.4. The average molecular weight is 218 g/mol. The van der Waals surface area contributed by atoms with Gasteiger partial charge >= 0.3 is 11.9 Å². The maximum absolute atomic E-state index is 11.1. The van der Waals surface area contributed by atoms with Crippen molar-refractivity contribution in [1.82, 2.24) is 5.32 Å². The van der Waals surface area contributed by atoms with E-state index in [0.29, 0.717) is 0 Å². The second kappa shape index (κ2) is 6.77. The number of carboxylic acid groups (broad SMARTS) is 2. The molecule has 0 rings (SSSR count). The van der Waals surface area contributed by atoms with E-state index in [1.54, 1.807) is 0 Å². The average Bonchev–Trinajstić information content (AvgIpc) is 2.13. The van der Waals surface area contributed by atoms with E-state index in [1.807, 2.05) is 0 Å². The molecule has 7 heteroatoms. The van der Waals surface area contributed by atoms with Crippen LogP contribution in [0.4, 0.5) is 0 Å². The van der Waals surface area contributed by atoms with E-state index < -0.39 is 23.9 Å². The van der Waals surface area contributed by atoms with Gasteiger partial charge in [0.15, 0.2) is 0 Å². The number of nitrogens with one attached hydrogen (secondary N) is 1. The SMILES string of the molecule is NC(CCC(=O)O)C(=O)NCCC(=O)O. The summed E-state index contributed by atoms with van der Waals surface area (Å²) in [5, 5.41) is 18.9. The molecule has 0 aliphatic rings. The van der Waals surface area contributed by atoms with Crippen molar-refractivity contribution in [2.24, 2.45) is 5.73 Å². The summed E-state index contributed by atoms with van der Waals surface area (Å²) >= 11 is 0. The zero-order valence-corrected chi connectivity index (χ0v) is 8.10. The van der Waals surface area contributed by atoms with Crippen LogP contribution in [0.3, 0.4) is 0 Å². The number of carboxylic acids is 2. The Morgan fingerprint density at radius 2 is 1.67 bits per heavy atom. The largest absolute Gasteiger partial charge is 0.481 e. The molecular weight excluding hydrogens is 204 g/mol. The predicted octanol–water partition coefficient (Wildman–Crippen LogP) is -1.23. The zero-order chi connectivity index (χ0) is 11.8. The van der Waals surface area contributed by atoms with Crippen molar-refractivity contribution in [1.29, 1.82) is 0 Å². The lowest BCUT2D eigenvalue weighted by Gasteiger charge is -2.09. The maximum Gasteiger partial charge on any atom is 0.305 e. The van der Waals surface area contributed by atoms with Crippen LogP contribution in [0.1, 0.15) is 19.3 Å². The summed E-state index contributed by atoms with van der Waals surface area (Å²) in [5.74, 6) is -2.57. The van der Waals surface area contributed by atoms with Gasteiger partial charge in [-0.1, -0.05) is 0 Å². The predicted molar refractivity (Wildman–Crippen MR) is 50.1 cm³/mol. The number of carbonyl (C=O) groups is 3. The summed E-state index contributed by atoms with van der Waals surface area (Å²) in [7, 11) is 0. The highest BCUT2D eigenvalue weighted by atomic mass is 16.4. The van der Waals surface area contributed by atoms with Gasteiger partial charge < -0.3 is 21.3 Å². The van der Waals surface area contributed by atoms with Crippen LogP contribution in [0.2, 0.25) is 0 Å². The van der Waals surface area contributed by atoms with Crippen LogP contribution < -0.4 is 11.1 Å². The molecule has 0 bridgehead atoms. The molecule has 0 aliphatic heterocycles. The van der Waals surface area contributed by atoms with Crippen LogP contribution in [-0.4, -0.2) is 40.6 Å². The smallest absolute Gasteiger partial charge is 0.305 e. The molecule has 0 spiro atoms. The van der Waals surface area contributed by atoms with Gasteiger partial charge in [-0.15, -0.1) is 0 Å². The highest BCUT2D eigenvalue weighted by Gasteiger charge is 2.14. The molecule has 0 aromatic rings. The van der Waals surface area contributed by atoms with Gasteiger partial charge in [0.25, 0.3) is 0 Å². The molecule has 1 atom stereocenters. The van der Waals surface area contributed by atoms with Crippen molar-refractivity contribution < 1.29 is 24.6 Å². The van der Waals surface area contributed by atoms with Gasteiger partial charge in [-0.25, -0.2) is 0 Å². The molecule has 86 valence electrons. The first-order valence-corrected chi connectivity index (χ1v) is 4.40. The van der Waals surface area contributed by atoms with E-state index in [1.165, 1.54) is 0 Å². The molecule has 0 radical (unpaired) electrons. The first kappa shape index (κ1) is 13.4. The van der Waals surface area contributed by atoms with Gasteiger partial charge in [-0.2, -0.15) is 0 Å². The maximum atomic E-state index is 11.1. The van der Waals surface area contributed by atoms with Crippen LogP contribution in [0.25, 0.3) is 0 Å². The Hall–Kier alpha value is -1.63. The van der Waals surface area contributed by atoms with E-state index in [-0.39, 0.29) is 25.8 Å². The molecule has 15 heavy (non-hydrogen) atoms. The van der Waals surface area contributed by atoms with E-state index in [0.717, 1.165) is 0 Å². The Bertz CT molecular complexity index is 253. The molecule has 0 aromatic heterocycles. The molecule has 5 N–H and O–H groups in total. The lowest BCUT2D eigenvalue weighted by Crippen LogP contribution is -2.41. The standard InChI is InChI=1S/C8H14N2O5/c9-5(1-2-6(11)12)8(15)10-4-3-7(13)14/h5H,1-4,9H2,(H,10,15)(H,11,12)(H,13,14). The Morgan fingerprint density at radius 3 is 2.13 bits per heavy atom. The summed E-state index contributed by atoms with van der Waals surface area (Å²) in [6, 6.07) is -0.908. The number of rotatable bonds is 7. The van der Waals surface area contributed by atoms with Crippen LogP contribution in [-0.2, 0) is 14.4 Å². The highest BCUT2D eigenvalue weighted by Crippen LogP contribution is 1.94. The Morgan fingerprint density at radius 1 is 1.13 bits per heavy atom. The summed E-state index contributed by atoms with van der Waals surface area (Å²) in [5.41, 5.74) is 5.36. The number of amides is 1. The third-order valence-electron chi connectivity index (χ3n) is 1.64. The fourth-order valence-corrected chi connectivity index (χ4v) is 0.834. The van der Waals surface area contributed by atoms with Crippen molar-refractivity contribution in [3.63, 3.8) is 0 Å². The van der Waals surface area contributed by atoms with E-state index in [9.17, 15) is 14.4 Å². The Kier molecular flexibility index (Phi) is 6.03. The Labute approximate surface area is 86.3 Å². The minimum absolute atomic E-state index is 0.00502. The van der Waals surface area contributed by atoms with Gasteiger partial charge in [0.2, 0.25) is 5.91 Å². The molecule has 1 amide bonds. The van der Waals surface area contributed by atoms with Gasteiger partial charge in [-0.3, -0.25) is 14.4 Å². The van der Waals surface area contributed by atoms with Crippen molar-refractivity contribution in [2.45, 2.75) is 25.3 Å². The van der Waals surface area contributed by atoms with Crippen molar-refractivity contribution in [3.8, 4) is 0 Å². The van der Waals surface area contributed by atoms with E-state index in [4.69, 9.17) is 15.9 Å². The molecule has 0 saturated heterocycles. The fourth-order valence-electron chi connectivity index (χ4n) is 0.834. The molecule has 1 unspecified atom stereocenters. The normalized spacial score (nSPS) is 11.8.